The molecular formula is C14H9B2ClN2O4. The zero-order chi connectivity index (χ0) is 17.1. The van der Waals surface area contributed by atoms with Gasteiger partial charge in [-0.1, -0.05) is 34.7 Å². The molecule has 0 aliphatic carbocycles. The summed E-state index contributed by atoms with van der Waals surface area (Å²) in [5.41, 5.74) is 1.19. The van der Waals surface area contributed by atoms with Gasteiger partial charge in [-0.05, 0) is 11.6 Å². The minimum Gasteiger partial charge on any atom is -0.505 e. The summed E-state index contributed by atoms with van der Waals surface area (Å²) in [6.45, 7) is -0.584. The predicted octanol–water partition coefficient (Wildman–Crippen LogP) is -0.490. The van der Waals surface area contributed by atoms with Gasteiger partial charge in [0, 0.05) is 16.8 Å². The number of carboxylic acids is 1. The molecule has 0 fully saturated rings. The normalized spacial score (nSPS) is 10.3. The fourth-order valence-electron chi connectivity index (χ4n) is 1.89. The number of carbonyl (C=O) groups excluding carboxylic acids is 1. The summed E-state index contributed by atoms with van der Waals surface area (Å²) < 4.78 is 0. The number of halogens is 1. The third kappa shape index (κ3) is 3.84. The molecule has 2 aromatic rings. The lowest BCUT2D eigenvalue weighted by atomic mass is 9.82. The average molecular weight is 326 g/mol. The summed E-state index contributed by atoms with van der Waals surface area (Å²) in [6, 6.07) is 4.31. The monoisotopic (exact) mass is 326 g/mol. The lowest BCUT2D eigenvalue weighted by Gasteiger charge is -2.11. The highest BCUT2D eigenvalue weighted by Gasteiger charge is 2.16. The molecule has 4 radical (unpaired) electrons. The number of nitrogens with one attached hydrogen (secondary N) is 1. The maximum absolute atomic E-state index is 11.7. The van der Waals surface area contributed by atoms with E-state index < -0.39 is 24.2 Å². The van der Waals surface area contributed by atoms with Crippen LogP contribution in [0.5, 0.6) is 5.75 Å². The van der Waals surface area contributed by atoms with Crippen LogP contribution >= 0.6 is 11.6 Å². The molecule has 1 aromatic heterocycles. The molecule has 6 nitrogen and oxygen atoms in total. The molecule has 0 atom stereocenters. The minimum atomic E-state index is -1.21. The molecule has 2 rings (SSSR count). The molecule has 3 N–H and O–H groups in total. The van der Waals surface area contributed by atoms with Crippen molar-refractivity contribution < 1.29 is 19.8 Å². The third-order valence-corrected chi connectivity index (χ3v) is 3.26. The molecule has 9 heteroatoms. The molecule has 0 aliphatic rings. The van der Waals surface area contributed by atoms with Gasteiger partial charge in [-0.15, -0.1) is 0 Å². The molecule has 0 saturated heterocycles. The lowest BCUT2D eigenvalue weighted by molar-refractivity contribution is -0.135. The molecule has 0 aliphatic heterocycles. The van der Waals surface area contributed by atoms with Crippen molar-refractivity contribution in [3.05, 3.63) is 35.1 Å². The first-order chi connectivity index (χ1) is 10.8. The number of benzene rings is 1. The van der Waals surface area contributed by atoms with Crippen molar-refractivity contribution in [2.45, 2.75) is 0 Å². The van der Waals surface area contributed by atoms with E-state index in [1.165, 1.54) is 18.3 Å². The van der Waals surface area contributed by atoms with Crippen LogP contribution in [-0.4, -0.2) is 49.3 Å². The van der Waals surface area contributed by atoms with E-state index in [2.05, 4.69) is 10.3 Å². The molecule has 23 heavy (non-hydrogen) atoms. The van der Waals surface area contributed by atoms with E-state index in [0.717, 1.165) is 0 Å². The summed E-state index contributed by atoms with van der Waals surface area (Å²) >= 11 is 5.95. The van der Waals surface area contributed by atoms with Gasteiger partial charge in [0.05, 0.1) is 0 Å². The van der Waals surface area contributed by atoms with Crippen LogP contribution < -0.4 is 16.2 Å². The number of aromatic nitrogens is 1. The van der Waals surface area contributed by atoms with Crippen LogP contribution in [0, 0.1) is 0 Å². The Morgan fingerprint density at radius 2 is 1.96 bits per heavy atom. The molecule has 1 heterocycles. The first kappa shape index (κ1) is 16.9. The Bertz CT molecular complexity index is 799. The molecule has 0 bridgehead atoms. The van der Waals surface area contributed by atoms with Crippen LogP contribution in [0.25, 0.3) is 11.1 Å². The van der Waals surface area contributed by atoms with Gasteiger partial charge in [0.15, 0.2) is 5.69 Å². The quantitative estimate of drug-likeness (QED) is 0.659. The third-order valence-electron chi connectivity index (χ3n) is 2.95. The van der Waals surface area contributed by atoms with Crippen LogP contribution in [0.15, 0.2) is 24.4 Å². The fraction of sp³-hybridized carbons (Fsp3) is 0.0714. The Labute approximate surface area is 139 Å². The maximum atomic E-state index is 11.7. The summed E-state index contributed by atoms with van der Waals surface area (Å²) in [6.07, 6.45) is 1.30. The van der Waals surface area contributed by atoms with Crippen LogP contribution in [0.2, 0.25) is 5.02 Å². The van der Waals surface area contributed by atoms with Crippen LogP contribution in [0.3, 0.4) is 0 Å². The van der Waals surface area contributed by atoms with Gasteiger partial charge < -0.3 is 15.5 Å². The van der Waals surface area contributed by atoms with Crippen LogP contribution in [-0.2, 0) is 4.79 Å². The number of carboxylic acid groups (broad SMARTS) is 1. The van der Waals surface area contributed by atoms with Crippen molar-refractivity contribution in [3.63, 3.8) is 0 Å². The van der Waals surface area contributed by atoms with Crippen molar-refractivity contribution in [3.8, 4) is 16.9 Å². The van der Waals surface area contributed by atoms with Gasteiger partial charge >= 0.3 is 5.97 Å². The van der Waals surface area contributed by atoms with E-state index in [1.807, 2.05) is 0 Å². The van der Waals surface area contributed by atoms with Crippen LogP contribution in [0.4, 0.5) is 0 Å². The summed E-state index contributed by atoms with van der Waals surface area (Å²) in [5.74, 6) is -2.45. The van der Waals surface area contributed by atoms with Gasteiger partial charge in [-0.2, -0.15) is 0 Å². The summed E-state index contributed by atoms with van der Waals surface area (Å²) in [7, 11) is 11.6. The Hall–Kier alpha value is -2.47. The van der Waals surface area contributed by atoms with E-state index in [9.17, 15) is 14.7 Å². The second kappa shape index (κ2) is 6.75. The Morgan fingerprint density at radius 1 is 1.26 bits per heavy atom. The number of rotatable bonds is 4. The van der Waals surface area contributed by atoms with Gasteiger partial charge in [0.25, 0.3) is 5.91 Å². The predicted molar refractivity (Wildman–Crippen MR) is 87.1 cm³/mol. The Kier molecular flexibility index (Phi) is 4.95. The second-order valence-corrected chi connectivity index (χ2v) is 5.04. The summed E-state index contributed by atoms with van der Waals surface area (Å²) in [4.78, 5) is 26.0. The fourth-order valence-corrected chi connectivity index (χ4v) is 2.12. The smallest absolute Gasteiger partial charge is 0.322 e. The van der Waals surface area contributed by atoms with E-state index in [1.54, 1.807) is 6.07 Å². The van der Waals surface area contributed by atoms with Crippen LogP contribution in [0.1, 0.15) is 10.5 Å². The average Bonchev–Trinajstić information content (AvgIpc) is 2.48. The molecule has 0 saturated carbocycles. The molecule has 1 aromatic carbocycles. The van der Waals surface area contributed by atoms with E-state index >= 15 is 0 Å². The van der Waals surface area contributed by atoms with Crippen molar-refractivity contribution >= 4 is 50.1 Å². The number of hydrogen-bond donors (Lipinski definition) is 3. The van der Waals surface area contributed by atoms with Gasteiger partial charge in [-0.25, -0.2) is 4.98 Å². The zero-order valence-electron chi connectivity index (χ0n) is 11.7. The molecule has 1 amide bonds. The maximum Gasteiger partial charge on any atom is 0.322 e. The minimum absolute atomic E-state index is 0.253. The van der Waals surface area contributed by atoms with Gasteiger partial charge in [-0.3, -0.25) is 9.59 Å². The second-order valence-electron chi connectivity index (χ2n) is 4.63. The van der Waals surface area contributed by atoms with E-state index in [-0.39, 0.29) is 16.2 Å². The van der Waals surface area contributed by atoms with E-state index in [0.29, 0.717) is 16.6 Å². The van der Waals surface area contributed by atoms with Crippen molar-refractivity contribution in [1.29, 1.82) is 0 Å². The molecule has 0 spiro atoms. The zero-order valence-corrected chi connectivity index (χ0v) is 12.5. The topological polar surface area (TPSA) is 99.5 Å². The number of carbonyl (C=O) groups is 2. The number of pyridine rings is 1. The van der Waals surface area contributed by atoms with Gasteiger partial charge in [0.1, 0.15) is 28.0 Å². The Morgan fingerprint density at radius 3 is 2.57 bits per heavy atom. The largest absolute Gasteiger partial charge is 0.505 e. The summed E-state index contributed by atoms with van der Waals surface area (Å²) in [5, 5.41) is 20.8. The standard InChI is InChI=1S/C14H9B2ClN2O4/c15-7-2-8(12(16)9(17)3-7)6-1-10(20)13(18-4-6)14(23)19-5-11(21)22/h1-4,20H,5H2,(H,19,23)(H,21,22). The first-order valence-electron chi connectivity index (χ1n) is 6.33. The van der Waals surface area contributed by atoms with Crippen molar-refractivity contribution in [1.82, 2.24) is 10.3 Å². The number of aliphatic carboxylic acids is 1. The number of amides is 1. The number of hydrogen-bond acceptors (Lipinski definition) is 4. The van der Waals surface area contributed by atoms with Crippen molar-refractivity contribution in [2.75, 3.05) is 6.54 Å². The van der Waals surface area contributed by atoms with Crippen molar-refractivity contribution in [2.24, 2.45) is 0 Å². The van der Waals surface area contributed by atoms with E-state index in [4.69, 9.17) is 32.4 Å². The van der Waals surface area contributed by atoms with Gasteiger partial charge in [0.2, 0.25) is 0 Å². The number of aromatic hydroxyl groups is 1. The Balaban J connectivity index is 2.37. The lowest BCUT2D eigenvalue weighted by Crippen LogP contribution is -2.29. The molecule has 112 valence electrons. The highest BCUT2D eigenvalue weighted by atomic mass is 35.5. The highest BCUT2D eigenvalue weighted by molar-refractivity contribution is 6.49. The molecule has 0 unspecified atom stereocenters. The number of nitrogens with zero attached hydrogens (tertiary/aromatic N) is 1. The first-order valence-corrected chi connectivity index (χ1v) is 6.71. The SMILES string of the molecule is [B]c1cc(Cl)c([B])c(-c2cnc(C(=O)NCC(=O)O)c(O)c2)c1. The molecular weight excluding hydrogens is 317 g/mol. The highest BCUT2D eigenvalue weighted by Crippen LogP contribution is 2.24.